The number of aryl methyl sites for hydroxylation is 2. The number of aromatic nitrogens is 4. The molecule has 7 heteroatoms. The molecule has 0 fully saturated rings. The van der Waals surface area contributed by atoms with Crippen molar-refractivity contribution >= 4 is 11.3 Å². The van der Waals surface area contributed by atoms with Crippen LogP contribution >= 0.6 is 11.3 Å². The van der Waals surface area contributed by atoms with Crippen molar-refractivity contribution < 1.29 is 4.42 Å². The molecule has 2 aliphatic rings. The van der Waals surface area contributed by atoms with E-state index in [1.165, 1.54) is 41.8 Å². The van der Waals surface area contributed by atoms with Crippen LogP contribution in [0.1, 0.15) is 34.9 Å². The van der Waals surface area contributed by atoms with Crippen molar-refractivity contribution in [3.05, 3.63) is 40.6 Å². The molecule has 0 saturated heterocycles. The Labute approximate surface area is 144 Å². The molecule has 0 atom stereocenters. The van der Waals surface area contributed by atoms with Gasteiger partial charge < -0.3 is 8.98 Å². The van der Waals surface area contributed by atoms with Crippen LogP contribution in [0.5, 0.6) is 0 Å². The minimum atomic E-state index is 0.673. The van der Waals surface area contributed by atoms with Crippen LogP contribution in [0, 0.1) is 0 Å². The topological polar surface area (TPSA) is 60.0 Å². The summed E-state index contributed by atoms with van der Waals surface area (Å²) in [4.78, 5) is 9.16. The van der Waals surface area contributed by atoms with E-state index in [4.69, 9.17) is 4.42 Å². The van der Waals surface area contributed by atoms with Crippen molar-refractivity contribution in [2.24, 2.45) is 0 Å². The molecule has 1 aliphatic heterocycles. The first-order valence-corrected chi connectivity index (χ1v) is 9.32. The van der Waals surface area contributed by atoms with Gasteiger partial charge in [0, 0.05) is 30.7 Å². The second kappa shape index (κ2) is 5.82. The van der Waals surface area contributed by atoms with Gasteiger partial charge in [0.1, 0.15) is 0 Å². The zero-order valence-corrected chi connectivity index (χ0v) is 14.3. The summed E-state index contributed by atoms with van der Waals surface area (Å²) in [5.74, 6) is 1.37. The fourth-order valence-electron chi connectivity index (χ4n) is 3.58. The number of thiophene rings is 1. The third-order valence-corrected chi connectivity index (χ3v) is 6.10. The molecule has 0 amide bonds. The average Bonchev–Trinajstić information content (AvgIpc) is 3.33. The van der Waals surface area contributed by atoms with E-state index in [-0.39, 0.29) is 0 Å². The molecule has 6 nitrogen and oxygen atoms in total. The lowest BCUT2D eigenvalue weighted by Crippen LogP contribution is -2.32. The lowest BCUT2D eigenvalue weighted by Gasteiger charge is -2.26. The number of fused-ring (bicyclic) bond motifs is 2. The van der Waals surface area contributed by atoms with Gasteiger partial charge in [0.05, 0.1) is 23.4 Å². The lowest BCUT2D eigenvalue weighted by molar-refractivity contribution is 0.194. The Morgan fingerprint density at radius 1 is 1.17 bits per heavy atom. The fraction of sp³-hybridized carbons (Fsp3) is 0.471. The Kier molecular flexibility index (Phi) is 3.48. The number of imidazole rings is 1. The van der Waals surface area contributed by atoms with Crippen LogP contribution in [0.3, 0.4) is 0 Å². The van der Waals surface area contributed by atoms with Crippen molar-refractivity contribution in [3.63, 3.8) is 0 Å². The molecule has 3 aromatic rings. The molecule has 1 aliphatic carbocycles. The van der Waals surface area contributed by atoms with Gasteiger partial charge in [-0.2, -0.15) is 0 Å². The van der Waals surface area contributed by atoms with Gasteiger partial charge in [0.2, 0.25) is 5.89 Å². The van der Waals surface area contributed by atoms with Crippen molar-refractivity contribution in [3.8, 4) is 10.8 Å². The third-order valence-electron chi connectivity index (χ3n) is 4.87. The normalized spacial score (nSPS) is 17.7. The molecule has 0 aromatic carbocycles. The quantitative estimate of drug-likeness (QED) is 0.733. The largest absolute Gasteiger partial charge is 0.419 e. The summed E-state index contributed by atoms with van der Waals surface area (Å²) in [6.45, 7) is 3.52. The van der Waals surface area contributed by atoms with Crippen LogP contribution < -0.4 is 0 Å². The highest BCUT2D eigenvalue weighted by molar-refractivity contribution is 7.15. The van der Waals surface area contributed by atoms with E-state index < -0.39 is 0 Å². The van der Waals surface area contributed by atoms with E-state index in [1.807, 2.05) is 23.9 Å². The van der Waals surface area contributed by atoms with Crippen molar-refractivity contribution in [1.29, 1.82) is 0 Å². The Morgan fingerprint density at radius 2 is 2.12 bits per heavy atom. The summed E-state index contributed by atoms with van der Waals surface area (Å²) >= 11 is 1.82. The number of nitrogens with zero attached hydrogens (tertiary/aromatic N) is 5. The van der Waals surface area contributed by atoms with Crippen LogP contribution in [0.15, 0.2) is 23.0 Å². The molecule has 0 spiro atoms. The Hall–Kier alpha value is -1.99. The standard InChI is InChI=1S/C17H19N5OS/c1-2-4-14-12(3-1)7-15(24-14)17-20-19-16(23-17)10-21-5-6-22-11-18-8-13(22)9-21/h7-8,11H,1-6,9-10H2. The van der Waals surface area contributed by atoms with E-state index in [0.29, 0.717) is 18.3 Å². The predicted molar refractivity (Wildman–Crippen MR) is 90.6 cm³/mol. The molecular formula is C17H19N5OS. The molecule has 24 heavy (non-hydrogen) atoms. The SMILES string of the molecule is c1c(-c2nnc(CN3CCn4cncc4C3)o2)sc2c1CCCC2. The highest BCUT2D eigenvalue weighted by Crippen LogP contribution is 2.35. The maximum atomic E-state index is 5.94. The van der Waals surface area contributed by atoms with Crippen molar-refractivity contribution in [2.75, 3.05) is 6.54 Å². The smallest absolute Gasteiger partial charge is 0.257 e. The monoisotopic (exact) mass is 341 g/mol. The summed E-state index contributed by atoms with van der Waals surface area (Å²) in [5, 5.41) is 8.54. The first-order valence-electron chi connectivity index (χ1n) is 8.51. The Morgan fingerprint density at radius 3 is 3.08 bits per heavy atom. The zero-order valence-electron chi connectivity index (χ0n) is 13.4. The van der Waals surface area contributed by atoms with E-state index in [1.54, 1.807) is 0 Å². The average molecular weight is 341 g/mol. The third kappa shape index (κ3) is 2.57. The van der Waals surface area contributed by atoms with Crippen LogP contribution in [0.4, 0.5) is 0 Å². The zero-order chi connectivity index (χ0) is 15.9. The van der Waals surface area contributed by atoms with E-state index in [2.05, 4.69) is 30.7 Å². The molecular weight excluding hydrogens is 322 g/mol. The molecule has 124 valence electrons. The molecule has 0 radical (unpaired) electrons. The predicted octanol–water partition coefficient (Wildman–Crippen LogP) is 2.89. The summed E-state index contributed by atoms with van der Waals surface area (Å²) in [6.07, 6.45) is 8.81. The second-order valence-corrected chi connectivity index (χ2v) is 7.69. The summed E-state index contributed by atoms with van der Waals surface area (Å²) in [7, 11) is 0. The van der Waals surface area contributed by atoms with E-state index in [0.717, 1.165) is 24.5 Å². The van der Waals surface area contributed by atoms with Crippen LogP contribution in [0.25, 0.3) is 10.8 Å². The van der Waals surface area contributed by atoms with Crippen molar-refractivity contribution in [1.82, 2.24) is 24.6 Å². The molecule has 0 N–H and O–H groups in total. The molecule has 5 rings (SSSR count). The number of rotatable bonds is 3. The molecule has 0 unspecified atom stereocenters. The van der Waals surface area contributed by atoms with Gasteiger partial charge in [0.25, 0.3) is 5.89 Å². The molecule has 0 saturated carbocycles. The fourth-order valence-corrected chi connectivity index (χ4v) is 4.75. The molecule has 3 aromatic heterocycles. The van der Waals surface area contributed by atoms with Gasteiger partial charge in [-0.3, -0.25) is 4.90 Å². The Bertz CT molecular complexity index is 841. The maximum Gasteiger partial charge on any atom is 0.257 e. The van der Waals surface area contributed by atoms with Crippen LogP contribution in [0.2, 0.25) is 0 Å². The first-order chi connectivity index (χ1) is 11.8. The van der Waals surface area contributed by atoms with Gasteiger partial charge in [-0.25, -0.2) is 4.98 Å². The maximum absolute atomic E-state index is 5.94. The summed E-state index contributed by atoms with van der Waals surface area (Å²) < 4.78 is 8.14. The Balaban J connectivity index is 1.32. The highest BCUT2D eigenvalue weighted by atomic mass is 32.1. The minimum absolute atomic E-state index is 0.673. The van der Waals surface area contributed by atoms with Crippen LogP contribution in [-0.2, 0) is 32.5 Å². The van der Waals surface area contributed by atoms with Gasteiger partial charge in [-0.1, -0.05) is 0 Å². The van der Waals surface area contributed by atoms with E-state index >= 15 is 0 Å². The molecule has 0 bridgehead atoms. The minimum Gasteiger partial charge on any atom is -0.419 e. The first kappa shape index (κ1) is 14.4. The highest BCUT2D eigenvalue weighted by Gasteiger charge is 2.20. The second-order valence-electron chi connectivity index (χ2n) is 6.56. The lowest BCUT2D eigenvalue weighted by atomic mass is 9.99. The van der Waals surface area contributed by atoms with Crippen LogP contribution in [-0.4, -0.2) is 31.2 Å². The summed E-state index contributed by atoms with van der Waals surface area (Å²) in [6, 6.07) is 2.25. The number of hydrogen-bond donors (Lipinski definition) is 0. The number of hydrogen-bond acceptors (Lipinski definition) is 6. The van der Waals surface area contributed by atoms with Crippen molar-refractivity contribution in [2.45, 2.75) is 45.3 Å². The molecule has 4 heterocycles. The van der Waals surface area contributed by atoms with Gasteiger partial charge in [-0.15, -0.1) is 21.5 Å². The van der Waals surface area contributed by atoms with Gasteiger partial charge in [0.15, 0.2) is 0 Å². The van der Waals surface area contributed by atoms with E-state index in [9.17, 15) is 0 Å². The van der Waals surface area contributed by atoms with Gasteiger partial charge in [-0.05, 0) is 37.3 Å². The summed E-state index contributed by atoms with van der Waals surface area (Å²) in [5.41, 5.74) is 2.72. The van der Waals surface area contributed by atoms with Gasteiger partial charge >= 0.3 is 0 Å².